The second-order valence-electron chi connectivity index (χ2n) is 8.36. The van der Waals surface area contributed by atoms with E-state index in [0.29, 0.717) is 16.9 Å². The summed E-state index contributed by atoms with van der Waals surface area (Å²) in [4.78, 5) is 25.3. The lowest BCUT2D eigenvalue weighted by Crippen LogP contribution is -2.41. The van der Waals surface area contributed by atoms with Crippen LogP contribution in [0.3, 0.4) is 0 Å². The Morgan fingerprint density at radius 1 is 1.03 bits per heavy atom. The summed E-state index contributed by atoms with van der Waals surface area (Å²) in [5.74, 6) is -0.870. The summed E-state index contributed by atoms with van der Waals surface area (Å²) in [5.41, 5.74) is 2.26. The molecule has 0 aliphatic carbocycles. The maximum atomic E-state index is 12.8. The van der Waals surface area contributed by atoms with E-state index in [2.05, 4.69) is 10.6 Å². The second-order valence-corrected chi connectivity index (χ2v) is 10.3. The predicted octanol–water partition coefficient (Wildman–Crippen LogP) is 3.24. The van der Waals surface area contributed by atoms with Crippen LogP contribution in [0.1, 0.15) is 42.3 Å². The van der Waals surface area contributed by atoms with Gasteiger partial charge in [0.05, 0.1) is 23.2 Å². The number of carbonyl (C=O) groups excluding carboxylic acids is 2. The normalized spacial score (nSPS) is 11.7. The van der Waals surface area contributed by atoms with E-state index < -0.39 is 28.0 Å². The molecule has 0 atom stereocenters. The fraction of sp³-hybridized carbons (Fsp3) is 0.364. The van der Waals surface area contributed by atoms with E-state index in [1.54, 1.807) is 37.3 Å². The Hall–Kier alpha value is -2.87. The van der Waals surface area contributed by atoms with Crippen molar-refractivity contribution in [1.29, 1.82) is 0 Å². The van der Waals surface area contributed by atoms with Crippen molar-refractivity contribution in [3.05, 3.63) is 59.2 Å². The highest BCUT2D eigenvalue weighted by molar-refractivity contribution is 7.92. The maximum absolute atomic E-state index is 12.8. The maximum Gasteiger partial charge on any atom is 0.253 e. The molecule has 0 spiro atoms. The monoisotopic (exact) mass is 431 g/mol. The average molecular weight is 432 g/mol. The lowest BCUT2D eigenvalue weighted by atomic mass is 10.1. The number of hydrogen-bond acceptors (Lipinski definition) is 4. The minimum Gasteiger partial charge on any atom is -0.347 e. The summed E-state index contributed by atoms with van der Waals surface area (Å²) < 4.78 is 25.9. The highest BCUT2D eigenvalue weighted by Crippen LogP contribution is 2.24. The van der Waals surface area contributed by atoms with Gasteiger partial charge in [-0.3, -0.25) is 13.9 Å². The van der Waals surface area contributed by atoms with E-state index in [9.17, 15) is 18.0 Å². The highest BCUT2D eigenvalue weighted by Gasteiger charge is 2.24. The Balaban J connectivity index is 2.29. The van der Waals surface area contributed by atoms with E-state index in [-0.39, 0.29) is 5.91 Å². The first-order valence-corrected chi connectivity index (χ1v) is 11.4. The number of amides is 2. The van der Waals surface area contributed by atoms with E-state index in [4.69, 9.17) is 0 Å². The Morgan fingerprint density at radius 2 is 1.67 bits per heavy atom. The number of aryl methyl sites for hydroxylation is 2. The molecule has 0 unspecified atom stereocenters. The Morgan fingerprint density at radius 3 is 2.27 bits per heavy atom. The molecule has 0 aliphatic heterocycles. The summed E-state index contributed by atoms with van der Waals surface area (Å²) >= 11 is 0. The quantitative estimate of drug-likeness (QED) is 0.734. The van der Waals surface area contributed by atoms with Crippen molar-refractivity contribution in [1.82, 2.24) is 5.32 Å². The second kappa shape index (κ2) is 8.87. The van der Waals surface area contributed by atoms with Gasteiger partial charge in [0.1, 0.15) is 6.54 Å². The van der Waals surface area contributed by atoms with Crippen LogP contribution >= 0.6 is 0 Å². The molecule has 162 valence electrons. The van der Waals surface area contributed by atoms with Crippen molar-refractivity contribution < 1.29 is 18.0 Å². The number of para-hydroxylation sites is 1. The minimum absolute atomic E-state index is 0.304. The molecule has 7 nitrogen and oxygen atoms in total. The Labute approximate surface area is 178 Å². The number of sulfonamides is 1. The first-order chi connectivity index (χ1) is 13.8. The fourth-order valence-corrected chi connectivity index (χ4v) is 3.79. The van der Waals surface area contributed by atoms with E-state index >= 15 is 0 Å². The number of carbonyl (C=O) groups is 2. The molecule has 0 fully saturated rings. The van der Waals surface area contributed by atoms with Crippen LogP contribution < -0.4 is 14.9 Å². The molecule has 0 heterocycles. The van der Waals surface area contributed by atoms with Gasteiger partial charge in [-0.15, -0.1) is 0 Å². The van der Waals surface area contributed by atoms with Gasteiger partial charge in [0.15, 0.2) is 0 Å². The van der Waals surface area contributed by atoms with E-state index in [1.807, 2.05) is 39.8 Å². The van der Waals surface area contributed by atoms with E-state index in [1.165, 1.54) is 0 Å². The lowest BCUT2D eigenvalue weighted by molar-refractivity contribution is -0.114. The Kier molecular flexibility index (Phi) is 6.92. The smallest absolute Gasteiger partial charge is 0.253 e. The fourth-order valence-electron chi connectivity index (χ4n) is 2.89. The van der Waals surface area contributed by atoms with Crippen LogP contribution in [0.15, 0.2) is 42.5 Å². The lowest BCUT2D eigenvalue weighted by Gasteiger charge is -2.24. The van der Waals surface area contributed by atoms with Gasteiger partial charge < -0.3 is 10.6 Å². The van der Waals surface area contributed by atoms with Crippen molar-refractivity contribution in [2.75, 3.05) is 22.4 Å². The number of rotatable bonds is 6. The summed E-state index contributed by atoms with van der Waals surface area (Å²) in [5, 5.41) is 5.53. The number of anilines is 2. The topological polar surface area (TPSA) is 95.6 Å². The molecule has 2 aromatic rings. The molecule has 2 amide bonds. The van der Waals surface area contributed by atoms with Crippen LogP contribution in [-0.2, 0) is 14.8 Å². The largest absolute Gasteiger partial charge is 0.347 e. The molecule has 2 rings (SSSR count). The molecular formula is C22H29N3O4S. The number of hydrogen-bond donors (Lipinski definition) is 2. The molecule has 30 heavy (non-hydrogen) atoms. The third-order valence-corrected chi connectivity index (χ3v) is 5.38. The van der Waals surface area contributed by atoms with Gasteiger partial charge in [-0.05, 0) is 63.9 Å². The molecule has 0 saturated heterocycles. The van der Waals surface area contributed by atoms with E-state index in [0.717, 1.165) is 21.7 Å². The van der Waals surface area contributed by atoms with Crippen molar-refractivity contribution in [2.24, 2.45) is 0 Å². The Bertz CT molecular complexity index is 1060. The third-order valence-electron chi connectivity index (χ3n) is 4.26. The zero-order valence-corrected chi connectivity index (χ0v) is 19.1. The van der Waals surface area contributed by atoms with Gasteiger partial charge in [0, 0.05) is 5.54 Å². The molecule has 8 heteroatoms. The van der Waals surface area contributed by atoms with Crippen LogP contribution in [0.25, 0.3) is 0 Å². The molecule has 2 N–H and O–H groups in total. The van der Waals surface area contributed by atoms with Crippen molar-refractivity contribution in [3.8, 4) is 0 Å². The standard InChI is InChI=1S/C22H29N3O4S/c1-15-11-12-16(2)19(13-15)25(30(6,28)29)14-20(26)23-18-10-8-7-9-17(18)21(27)24-22(3,4)5/h7-13H,14H2,1-6H3,(H,23,26)(H,24,27). The van der Waals surface area contributed by atoms with Gasteiger partial charge in [-0.2, -0.15) is 0 Å². The van der Waals surface area contributed by atoms with Gasteiger partial charge in [-0.25, -0.2) is 8.42 Å². The summed E-state index contributed by atoms with van der Waals surface area (Å²) in [6.07, 6.45) is 1.06. The summed E-state index contributed by atoms with van der Waals surface area (Å²) in [7, 11) is -3.70. The summed E-state index contributed by atoms with van der Waals surface area (Å²) in [6, 6.07) is 12.0. The molecule has 0 saturated carbocycles. The average Bonchev–Trinajstić information content (AvgIpc) is 2.60. The van der Waals surface area contributed by atoms with Gasteiger partial charge in [-0.1, -0.05) is 24.3 Å². The van der Waals surface area contributed by atoms with Gasteiger partial charge in [0.25, 0.3) is 5.91 Å². The predicted molar refractivity (Wildman–Crippen MR) is 120 cm³/mol. The van der Waals surface area contributed by atoms with Crippen LogP contribution in [0.5, 0.6) is 0 Å². The molecule has 0 bridgehead atoms. The van der Waals surface area contributed by atoms with Crippen molar-refractivity contribution in [3.63, 3.8) is 0 Å². The van der Waals surface area contributed by atoms with Crippen LogP contribution in [0.4, 0.5) is 11.4 Å². The zero-order valence-electron chi connectivity index (χ0n) is 18.2. The van der Waals surface area contributed by atoms with Gasteiger partial charge in [0.2, 0.25) is 15.9 Å². The first-order valence-electron chi connectivity index (χ1n) is 9.54. The van der Waals surface area contributed by atoms with Crippen LogP contribution in [-0.4, -0.2) is 38.6 Å². The number of nitrogens with zero attached hydrogens (tertiary/aromatic N) is 1. The first kappa shape index (κ1) is 23.4. The summed E-state index contributed by atoms with van der Waals surface area (Å²) in [6.45, 7) is 8.82. The molecule has 2 aromatic carbocycles. The minimum atomic E-state index is -3.70. The molecule has 0 radical (unpaired) electrons. The highest BCUT2D eigenvalue weighted by atomic mass is 32.2. The zero-order chi connectivity index (χ0) is 22.7. The van der Waals surface area contributed by atoms with Crippen LogP contribution in [0, 0.1) is 13.8 Å². The molecule has 0 aromatic heterocycles. The van der Waals surface area contributed by atoms with Crippen LogP contribution in [0.2, 0.25) is 0 Å². The molecular weight excluding hydrogens is 402 g/mol. The third kappa shape index (κ3) is 6.32. The van der Waals surface area contributed by atoms with Gasteiger partial charge >= 0.3 is 0 Å². The van der Waals surface area contributed by atoms with Crippen molar-refractivity contribution in [2.45, 2.75) is 40.2 Å². The number of benzene rings is 2. The molecule has 0 aliphatic rings. The van der Waals surface area contributed by atoms with Crippen molar-refractivity contribution >= 4 is 33.2 Å². The number of nitrogens with one attached hydrogen (secondary N) is 2. The SMILES string of the molecule is Cc1ccc(C)c(N(CC(=O)Nc2ccccc2C(=O)NC(C)(C)C)S(C)(=O)=O)c1.